The first-order valence-corrected chi connectivity index (χ1v) is 11.9. The average molecular weight is 504 g/mol. The number of aromatic nitrogens is 2. The second-order valence-electron chi connectivity index (χ2n) is 7.93. The van der Waals surface area contributed by atoms with E-state index in [0.29, 0.717) is 40.9 Å². The molecule has 0 spiro atoms. The molecular formula is C27H26BrN3O2. The molecule has 0 radical (unpaired) electrons. The van der Waals surface area contributed by atoms with Crippen LogP contribution in [-0.4, -0.2) is 26.9 Å². The first kappa shape index (κ1) is 22.9. The van der Waals surface area contributed by atoms with E-state index < -0.39 is 0 Å². The topological polar surface area (TPSA) is 55.2 Å². The zero-order valence-electron chi connectivity index (χ0n) is 19.0. The third-order valence-electron chi connectivity index (χ3n) is 5.92. The predicted molar refractivity (Wildman–Crippen MR) is 136 cm³/mol. The van der Waals surface area contributed by atoms with Crippen molar-refractivity contribution >= 4 is 32.7 Å². The minimum atomic E-state index is -0.372. The molecule has 1 heterocycles. The van der Waals surface area contributed by atoms with E-state index in [-0.39, 0.29) is 17.5 Å². The van der Waals surface area contributed by atoms with Crippen LogP contribution in [0, 0.1) is 6.92 Å². The van der Waals surface area contributed by atoms with Gasteiger partial charge in [0.2, 0.25) is 0 Å². The minimum Gasteiger partial charge on any atom is -0.329 e. The highest BCUT2D eigenvalue weighted by Gasteiger charge is 2.29. The number of hydrogen-bond acceptors (Lipinski definition) is 3. The summed E-state index contributed by atoms with van der Waals surface area (Å²) < 4.78 is 2.57. The highest BCUT2D eigenvalue weighted by atomic mass is 79.9. The molecule has 0 fully saturated rings. The van der Waals surface area contributed by atoms with Gasteiger partial charge in [0, 0.05) is 16.6 Å². The van der Waals surface area contributed by atoms with Gasteiger partial charge in [-0.05, 0) is 68.3 Å². The molecule has 1 atom stereocenters. The fourth-order valence-corrected chi connectivity index (χ4v) is 4.49. The molecule has 0 aliphatic heterocycles. The molecule has 3 aromatic carbocycles. The van der Waals surface area contributed by atoms with Crippen LogP contribution in [0.4, 0.5) is 0 Å². The van der Waals surface area contributed by atoms with Gasteiger partial charge in [-0.1, -0.05) is 53.2 Å². The number of para-hydroxylation sites is 1. The Balaban J connectivity index is 1.95. The molecule has 1 unspecified atom stereocenters. The maximum absolute atomic E-state index is 13.7. The maximum Gasteiger partial charge on any atom is 0.266 e. The molecule has 0 aliphatic carbocycles. The van der Waals surface area contributed by atoms with Crippen LogP contribution >= 0.6 is 15.9 Å². The van der Waals surface area contributed by atoms with E-state index in [0.717, 1.165) is 10.0 Å². The largest absolute Gasteiger partial charge is 0.329 e. The van der Waals surface area contributed by atoms with Gasteiger partial charge in [0.15, 0.2) is 0 Å². The number of rotatable bonds is 6. The van der Waals surface area contributed by atoms with Crippen molar-refractivity contribution in [2.45, 2.75) is 33.2 Å². The van der Waals surface area contributed by atoms with Gasteiger partial charge in [0.1, 0.15) is 5.82 Å². The quantitative estimate of drug-likeness (QED) is 0.320. The van der Waals surface area contributed by atoms with E-state index in [1.165, 1.54) is 0 Å². The first-order chi connectivity index (χ1) is 16.0. The minimum absolute atomic E-state index is 0.0628. The molecule has 0 saturated carbocycles. The number of carbonyl (C=O) groups excluding carboxylic acids is 1. The van der Waals surface area contributed by atoms with Crippen molar-refractivity contribution in [1.82, 2.24) is 14.5 Å². The zero-order chi connectivity index (χ0) is 23.5. The van der Waals surface area contributed by atoms with Crippen LogP contribution in [0.15, 0.2) is 82.1 Å². The molecule has 4 rings (SSSR count). The molecule has 0 saturated heterocycles. The molecular weight excluding hydrogens is 478 g/mol. The number of aryl methyl sites for hydroxylation is 1. The molecule has 4 aromatic rings. The SMILES string of the molecule is CCC(c1nc2ccccc2c(=O)n1-c1ccc(Br)cc1)N(CC)C(=O)c1ccccc1C. The summed E-state index contributed by atoms with van der Waals surface area (Å²) in [6.45, 7) is 6.41. The Kier molecular flexibility index (Phi) is 6.75. The Labute approximate surface area is 201 Å². The molecule has 1 aromatic heterocycles. The number of carbonyl (C=O) groups is 1. The van der Waals surface area contributed by atoms with Crippen molar-refractivity contribution in [2.75, 3.05) is 6.54 Å². The van der Waals surface area contributed by atoms with Crippen LogP contribution in [0.2, 0.25) is 0 Å². The fraction of sp³-hybridized carbons (Fsp3) is 0.222. The molecule has 6 heteroatoms. The van der Waals surface area contributed by atoms with Crippen LogP contribution < -0.4 is 5.56 Å². The summed E-state index contributed by atoms with van der Waals surface area (Å²) in [6, 6.07) is 22.1. The summed E-state index contributed by atoms with van der Waals surface area (Å²) in [5.74, 6) is 0.500. The van der Waals surface area contributed by atoms with Gasteiger partial charge in [0.25, 0.3) is 11.5 Å². The lowest BCUT2D eigenvalue weighted by Gasteiger charge is -2.32. The predicted octanol–water partition coefficient (Wildman–Crippen LogP) is 6.07. The van der Waals surface area contributed by atoms with E-state index in [1.54, 1.807) is 10.6 Å². The lowest BCUT2D eigenvalue weighted by Crippen LogP contribution is -2.38. The van der Waals surface area contributed by atoms with Crippen LogP contribution in [0.1, 0.15) is 48.1 Å². The number of fused-ring (bicyclic) bond motifs is 1. The first-order valence-electron chi connectivity index (χ1n) is 11.1. The average Bonchev–Trinajstić information content (AvgIpc) is 2.83. The highest BCUT2D eigenvalue weighted by Crippen LogP contribution is 2.28. The lowest BCUT2D eigenvalue weighted by atomic mass is 10.0. The van der Waals surface area contributed by atoms with Gasteiger partial charge < -0.3 is 4.90 Å². The van der Waals surface area contributed by atoms with Gasteiger partial charge in [0.05, 0.1) is 22.6 Å². The Morgan fingerprint density at radius 1 is 1.00 bits per heavy atom. The van der Waals surface area contributed by atoms with Crippen LogP contribution in [0.5, 0.6) is 0 Å². The number of nitrogens with zero attached hydrogens (tertiary/aromatic N) is 3. The van der Waals surface area contributed by atoms with Crippen LogP contribution in [0.25, 0.3) is 16.6 Å². The van der Waals surface area contributed by atoms with Gasteiger partial charge in [-0.15, -0.1) is 0 Å². The number of benzene rings is 3. The Hall–Kier alpha value is -3.25. The Bertz CT molecular complexity index is 1360. The smallest absolute Gasteiger partial charge is 0.266 e. The van der Waals surface area contributed by atoms with Crippen molar-refractivity contribution < 1.29 is 4.79 Å². The third kappa shape index (κ3) is 4.35. The Morgan fingerprint density at radius 3 is 2.33 bits per heavy atom. The van der Waals surface area contributed by atoms with Gasteiger partial charge in [-0.25, -0.2) is 4.98 Å². The van der Waals surface area contributed by atoms with E-state index in [2.05, 4.69) is 15.9 Å². The monoisotopic (exact) mass is 503 g/mol. The zero-order valence-corrected chi connectivity index (χ0v) is 20.5. The molecule has 5 nitrogen and oxygen atoms in total. The summed E-state index contributed by atoms with van der Waals surface area (Å²) in [5.41, 5.74) is 2.79. The number of amides is 1. The molecule has 1 amide bonds. The summed E-state index contributed by atoms with van der Waals surface area (Å²) >= 11 is 3.47. The summed E-state index contributed by atoms with van der Waals surface area (Å²) in [6.07, 6.45) is 0.618. The van der Waals surface area contributed by atoms with E-state index in [9.17, 15) is 9.59 Å². The molecule has 0 N–H and O–H groups in total. The highest BCUT2D eigenvalue weighted by molar-refractivity contribution is 9.10. The van der Waals surface area contributed by atoms with Crippen molar-refractivity contribution in [3.8, 4) is 5.69 Å². The summed E-state index contributed by atoms with van der Waals surface area (Å²) in [4.78, 5) is 34.0. The Morgan fingerprint density at radius 2 is 1.67 bits per heavy atom. The van der Waals surface area contributed by atoms with Crippen molar-refractivity contribution in [3.05, 3.63) is 105 Å². The van der Waals surface area contributed by atoms with Gasteiger partial charge in [-0.2, -0.15) is 0 Å². The van der Waals surface area contributed by atoms with Crippen molar-refractivity contribution in [1.29, 1.82) is 0 Å². The van der Waals surface area contributed by atoms with Crippen LogP contribution in [0.3, 0.4) is 0 Å². The molecule has 33 heavy (non-hydrogen) atoms. The second kappa shape index (κ2) is 9.71. The summed E-state index contributed by atoms with van der Waals surface area (Å²) in [7, 11) is 0. The normalized spacial score (nSPS) is 12.0. The lowest BCUT2D eigenvalue weighted by molar-refractivity contribution is 0.0671. The second-order valence-corrected chi connectivity index (χ2v) is 8.85. The van der Waals surface area contributed by atoms with Gasteiger partial charge >= 0.3 is 0 Å². The standard InChI is InChI=1S/C27H26BrN3O2/c1-4-24(30(5-2)26(32)21-11-7-6-10-18(21)3)25-29-23-13-9-8-12-22(23)27(33)31(25)20-16-14-19(28)15-17-20/h6-17,24H,4-5H2,1-3H3. The van der Waals surface area contributed by atoms with Crippen molar-refractivity contribution in [2.24, 2.45) is 0 Å². The van der Waals surface area contributed by atoms with E-state index in [1.807, 2.05) is 92.4 Å². The van der Waals surface area contributed by atoms with Crippen molar-refractivity contribution in [3.63, 3.8) is 0 Å². The molecule has 168 valence electrons. The number of halogens is 1. The number of hydrogen-bond donors (Lipinski definition) is 0. The maximum atomic E-state index is 13.7. The summed E-state index contributed by atoms with van der Waals surface area (Å²) in [5, 5.41) is 0.548. The fourth-order valence-electron chi connectivity index (χ4n) is 4.23. The third-order valence-corrected chi connectivity index (χ3v) is 6.45. The van der Waals surface area contributed by atoms with Crippen LogP contribution in [-0.2, 0) is 0 Å². The molecule has 0 aliphatic rings. The van der Waals surface area contributed by atoms with E-state index in [4.69, 9.17) is 4.98 Å². The van der Waals surface area contributed by atoms with E-state index >= 15 is 0 Å². The molecule has 0 bridgehead atoms. The van der Waals surface area contributed by atoms with Gasteiger partial charge in [-0.3, -0.25) is 14.2 Å².